The van der Waals surface area contributed by atoms with Gasteiger partial charge in [-0.1, -0.05) is 66.4 Å². The van der Waals surface area contributed by atoms with Crippen LogP contribution in [0.15, 0.2) is 101 Å². The molecular weight excluding hydrogens is 579 g/mol. The molecule has 3 aromatic carbocycles. The Morgan fingerprint density at radius 3 is 2.48 bits per heavy atom. The number of aromatic nitrogens is 4. The van der Waals surface area contributed by atoms with E-state index in [-0.39, 0.29) is 24.2 Å². The standard InChI is InChI=1S/C34H33FN4O4S/c1-23-17-29(27-19-36-34(40)39(21-27)20-24-13-14-31(41-2)32(18-24)42-3)38-33(37-23)44-16-15-30(25-9-5-4-6-10-25)43-22-26-11-7-8-12-28(26)35/h4-14,17-19,21,30H,15-16,20,22H2,1-3H3. The number of hydrogen-bond acceptors (Lipinski definition) is 8. The maximum absolute atomic E-state index is 14.2. The van der Waals surface area contributed by atoms with Crippen LogP contribution in [0.3, 0.4) is 0 Å². The lowest BCUT2D eigenvalue weighted by Crippen LogP contribution is -2.22. The van der Waals surface area contributed by atoms with E-state index >= 15 is 0 Å². The lowest BCUT2D eigenvalue weighted by molar-refractivity contribution is 0.0364. The first-order chi connectivity index (χ1) is 21.4. The fraction of sp³-hybridized carbons (Fsp3) is 0.235. The monoisotopic (exact) mass is 612 g/mol. The van der Waals surface area contributed by atoms with E-state index in [1.807, 2.05) is 55.5 Å². The van der Waals surface area contributed by atoms with E-state index in [9.17, 15) is 9.18 Å². The molecule has 0 spiro atoms. The number of benzene rings is 3. The summed E-state index contributed by atoms with van der Waals surface area (Å²) in [6.07, 6.45) is 3.74. The van der Waals surface area contributed by atoms with Gasteiger partial charge in [0.2, 0.25) is 0 Å². The minimum atomic E-state index is -0.369. The van der Waals surface area contributed by atoms with Crippen molar-refractivity contribution in [1.29, 1.82) is 0 Å². The van der Waals surface area contributed by atoms with Crippen molar-refractivity contribution in [2.45, 2.75) is 37.8 Å². The van der Waals surface area contributed by atoms with Gasteiger partial charge >= 0.3 is 5.69 Å². The van der Waals surface area contributed by atoms with Crippen molar-refractivity contribution in [3.8, 4) is 22.8 Å². The second-order valence-electron chi connectivity index (χ2n) is 10.1. The maximum Gasteiger partial charge on any atom is 0.347 e. The second-order valence-corrected chi connectivity index (χ2v) is 11.1. The van der Waals surface area contributed by atoms with Gasteiger partial charge in [0.15, 0.2) is 16.7 Å². The Bertz CT molecular complexity index is 1770. The van der Waals surface area contributed by atoms with Crippen LogP contribution in [-0.2, 0) is 17.9 Å². The van der Waals surface area contributed by atoms with Gasteiger partial charge in [-0.05, 0) is 48.7 Å². The molecule has 5 aromatic rings. The van der Waals surface area contributed by atoms with Gasteiger partial charge in [-0.15, -0.1) is 0 Å². The number of thioether (sulfide) groups is 1. The van der Waals surface area contributed by atoms with Crippen molar-refractivity contribution < 1.29 is 18.6 Å². The lowest BCUT2D eigenvalue weighted by atomic mass is 10.1. The minimum Gasteiger partial charge on any atom is -0.493 e. The van der Waals surface area contributed by atoms with Crippen LogP contribution in [0.5, 0.6) is 11.5 Å². The number of methoxy groups -OCH3 is 2. The fourth-order valence-electron chi connectivity index (χ4n) is 4.71. The van der Waals surface area contributed by atoms with Crippen molar-refractivity contribution in [3.63, 3.8) is 0 Å². The molecule has 44 heavy (non-hydrogen) atoms. The predicted octanol–water partition coefficient (Wildman–Crippen LogP) is 6.65. The van der Waals surface area contributed by atoms with Crippen molar-refractivity contribution in [3.05, 3.63) is 130 Å². The van der Waals surface area contributed by atoms with E-state index in [1.54, 1.807) is 44.7 Å². The Morgan fingerprint density at radius 2 is 1.70 bits per heavy atom. The third-order valence-corrected chi connectivity index (χ3v) is 7.85. The summed E-state index contributed by atoms with van der Waals surface area (Å²) in [6, 6.07) is 24.0. The smallest absolute Gasteiger partial charge is 0.347 e. The summed E-state index contributed by atoms with van der Waals surface area (Å²) in [4.78, 5) is 26.1. The molecule has 5 rings (SSSR count). The normalized spacial score (nSPS) is 11.7. The minimum absolute atomic E-state index is 0.175. The van der Waals surface area contributed by atoms with E-state index < -0.39 is 0 Å². The van der Waals surface area contributed by atoms with Crippen LogP contribution in [-0.4, -0.2) is 39.5 Å². The molecule has 0 bridgehead atoms. The highest BCUT2D eigenvalue weighted by molar-refractivity contribution is 7.99. The average Bonchev–Trinajstić information content (AvgIpc) is 3.04. The molecule has 10 heteroatoms. The Balaban J connectivity index is 1.30. The Hall–Kier alpha value is -4.54. The van der Waals surface area contributed by atoms with Crippen molar-refractivity contribution in [2.75, 3.05) is 20.0 Å². The Labute approximate surface area is 259 Å². The molecule has 2 heterocycles. The van der Waals surface area contributed by atoms with Crippen LogP contribution < -0.4 is 15.2 Å². The molecule has 1 atom stereocenters. The summed E-state index contributed by atoms with van der Waals surface area (Å²) < 4.78 is 32.7. The lowest BCUT2D eigenvalue weighted by Gasteiger charge is -2.18. The highest BCUT2D eigenvalue weighted by Gasteiger charge is 2.15. The Kier molecular flexibility index (Phi) is 10.4. The number of hydrogen-bond donors (Lipinski definition) is 0. The summed E-state index contributed by atoms with van der Waals surface area (Å²) in [5, 5.41) is 0.610. The van der Waals surface area contributed by atoms with Crippen LogP contribution in [0, 0.1) is 12.7 Å². The largest absolute Gasteiger partial charge is 0.493 e. The second kappa shape index (κ2) is 14.8. The molecule has 0 saturated carbocycles. The highest BCUT2D eigenvalue weighted by atomic mass is 32.2. The van der Waals surface area contributed by atoms with Crippen LogP contribution in [0.4, 0.5) is 4.39 Å². The van der Waals surface area contributed by atoms with Gasteiger partial charge in [-0.3, -0.25) is 4.57 Å². The number of aryl methyl sites for hydroxylation is 1. The molecule has 1 unspecified atom stereocenters. The van der Waals surface area contributed by atoms with Crippen molar-refractivity contribution in [1.82, 2.24) is 19.5 Å². The first kappa shape index (κ1) is 30.9. The summed E-state index contributed by atoms with van der Waals surface area (Å²) in [6.45, 7) is 2.39. The topological polar surface area (TPSA) is 88.4 Å². The number of ether oxygens (including phenoxy) is 3. The molecule has 0 N–H and O–H groups in total. The van der Waals surface area contributed by atoms with E-state index in [2.05, 4.69) is 9.97 Å². The summed E-state index contributed by atoms with van der Waals surface area (Å²) >= 11 is 1.52. The van der Waals surface area contributed by atoms with Crippen molar-refractivity contribution >= 4 is 11.8 Å². The van der Waals surface area contributed by atoms with E-state index in [1.165, 1.54) is 28.6 Å². The number of halogens is 1. The van der Waals surface area contributed by atoms with Gasteiger partial charge in [0.1, 0.15) is 5.82 Å². The molecule has 0 amide bonds. The first-order valence-corrected chi connectivity index (χ1v) is 15.1. The molecule has 2 aromatic heterocycles. The molecule has 0 fully saturated rings. The SMILES string of the molecule is COc1ccc(Cn2cc(-c3cc(C)nc(SCCC(OCc4ccccc4F)c4ccccc4)n3)cnc2=O)cc1OC. The van der Waals surface area contributed by atoms with Crippen LogP contribution in [0.2, 0.25) is 0 Å². The van der Waals surface area contributed by atoms with Crippen molar-refractivity contribution in [2.24, 2.45) is 0 Å². The molecule has 0 aliphatic rings. The Morgan fingerprint density at radius 1 is 0.932 bits per heavy atom. The van der Waals surface area contributed by atoms with E-state index in [4.69, 9.17) is 19.2 Å². The van der Waals surface area contributed by atoms with Gasteiger partial charge in [0, 0.05) is 35.0 Å². The summed E-state index contributed by atoms with van der Waals surface area (Å²) in [5.41, 5.74) is 4.21. The molecule has 0 aliphatic carbocycles. The predicted molar refractivity (Wildman–Crippen MR) is 169 cm³/mol. The van der Waals surface area contributed by atoms with Crippen LogP contribution in [0.25, 0.3) is 11.3 Å². The summed E-state index contributed by atoms with van der Waals surface area (Å²) in [7, 11) is 3.15. The summed E-state index contributed by atoms with van der Waals surface area (Å²) in [5.74, 6) is 1.60. The fourth-order valence-corrected chi connectivity index (χ4v) is 5.59. The van der Waals surface area contributed by atoms with E-state index in [0.29, 0.717) is 52.2 Å². The van der Waals surface area contributed by atoms with Gasteiger partial charge in [0.05, 0.1) is 39.2 Å². The molecule has 8 nitrogen and oxygen atoms in total. The molecular formula is C34H33FN4O4S. The van der Waals surface area contributed by atoms with Gasteiger partial charge in [0.25, 0.3) is 0 Å². The van der Waals surface area contributed by atoms with E-state index in [0.717, 1.165) is 16.8 Å². The highest BCUT2D eigenvalue weighted by Crippen LogP contribution is 2.29. The van der Waals surface area contributed by atoms with Gasteiger partial charge in [-0.2, -0.15) is 0 Å². The zero-order valence-electron chi connectivity index (χ0n) is 24.8. The maximum atomic E-state index is 14.2. The zero-order valence-corrected chi connectivity index (χ0v) is 25.6. The average molecular weight is 613 g/mol. The quantitative estimate of drug-likeness (QED) is 0.108. The zero-order chi connectivity index (χ0) is 30.9. The van der Waals surface area contributed by atoms with Crippen LogP contribution in [0.1, 0.15) is 34.9 Å². The molecule has 226 valence electrons. The first-order valence-electron chi connectivity index (χ1n) is 14.1. The molecule has 0 radical (unpaired) electrons. The van der Waals surface area contributed by atoms with Gasteiger partial charge in [-0.25, -0.2) is 24.1 Å². The third kappa shape index (κ3) is 7.89. The van der Waals surface area contributed by atoms with Gasteiger partial charge < -0.3 is 14.2 Å². The van der Waals surface area contributed by atoms with Crippen LogP contribution >= 0.6 is 11.8 Å². The number of nitrogens with zero attached hydrogens (tertiary/aromatic N) is 4. The third-order valence-electron chi connectivity index (χ3n) is 6.97. The molecule has 0 saturated heterocycles. The molecule has 0 aliphatic heterocycles. The number of rotatable bonds is 13.